The van der Waals surface area contributed by atoms with Gasteiger partial charge >= 0.3 is 0 Å². The molecule has 1 saturated carbocycles. The Bertz CT molecular complexity index is 589. The Hall–Kier alpha value is -1.69. The van der Waals surface area contributed by atoms with Crippen molar-refractivity contribution in [3.8, 4) is 5.75 Å². The lowest BCUT2D eigenvalue weighted by molar-refractivity contribution is -0.124. The van der Waals surface area contributed by atoms with E-state index in [0.29, 0.717) is 35.5 Å². The summed E-state index contributed by atoms with van der Waals surface area (Å²) >= 11 is 1.62. The summed E-state index contributed by atoms with van der Waals surface area (Å²) in [7, 11) is 0. The van der Waals surface area contributed by atoms with Gasteiger partial charge in [-0.3, -0.25) is 9.59 Å². The monoisotopic (exact) mass is 334 g/mol. The van der Waals surface area contributed by atoms with E-state index in [1.807, 2.05) is 19.1 Å². The fourth-order valence-electron chi connectivity index (χ4n) is 2.60. The van der Waals surface area contributed by atoms with E-state index in [1.54, 1.807) is 28.8 Å². The highest BCUT2D eigenvalue weighted by Crippen LogP contribution is 2.28. The third-order valence-corrected chi connectivity index (χ3v) is 5.11. The van der Waals surface area contributed by atoms with Crippen molar-refractivity contribution < 1.29 is 14.3 Å². The standard InChI is InChI=1S/C17H22N2O3S/c1-2-22-14-5-3-4-13(8-14)17(21)19-11-23-10-15(19)16(20)18-9-12-6-7-12/h3-5,8,12,15H,2,6-7,9-11H2,1H3,(H,18,20)/t15-/m0/s1. The van der Waals surface area contributed by atoms with Crippen LogP contribution in [0.2, 0.25) is 0 Å². The summed E-state index contributed by atoms with van der Waals surface area (Å²) in [6.07, 6.45) is 2.40. The molecule has 0 aromatic heterocycles. The van der Waals surface area contributed by atoms with Crippen LogP contribution < -0.4 is 10.1 Å². The predicted octanol–water partition coefficient (Wildman–Crippen LogP) is 2.13. The minimum atomic E-state index is -0.373. The van der Waals surface area contributed by atoms with E-state index < -0.39 is 0 Å². The van der Waals surface area contributed by atoms with E-state index in [4.69, 9.17) is 4.74 Å². The van der Waals surface area contributed by atoms with E-state index in [1.165, 1.54) is 12.8 Å². The molecule has 2 fully saturated rings. The van der Waals surface area contributed by atoms with Crippen LogP contribution in [0, 0.1) is 5.92 Å². The van der Waals surface area contributed by atoms with Crippen LogP contribution in [0.1, 0.15) is 30.1 Å². The molecule has 2 aliphatic rings. The number of carbonyl (C=O) groups is 2. The minimum Gasteiger partial charge on any atom is -0.494 e. The van der Waals surface area contributed by atoms with Gasteiger partial charge in [0.25, 0.3) is 5.91 Å². The minimum absolute atomic E-state index is 0.0313. The molecule has 1 aliphatic heterocycles. The molecular weight excluding hydrogens is 312 g/mol. The van der Waals surface area contributed by atoms with Crippen molar-refractivity contribution in [1.29, 1.82) is 0 Å². The maximum absolute atomic E-state index is 12.7. The van der Waals surface area contributed by atoms with Crippen LogP contribution in [0.4, 0.5) is 0 Å². The number of benzene rings is 1. The average Bonchev–Trinajstić information content (AvgIpc) is 3.26. The van der Waals surface area contributed by atoms with Crippen LogP contribution in [0.25, 0.3) is 0 Å². The fourth-order valence-corrected chi connectivity index (χ4v) is 3.75. The lowest BCUT2D eigenvalue weighted by Crippen LogP contribution is -2.47. The van der Waals surface area contributed by atoms with Crippen molar-refractivity contribution in [2.24, 2.45) is 5.92 Å². The van der Waals surface area contributed by atoms with E-state index in [2.05, 4.69) is 5.32 Å². The number of hydrogen-bond donors (Lipinski definition) is 1. The van der Waals surface area contributed by atoms with Gasteiger partial charge in [-0.05, 0) is 43.9 Å². The van der Waals surface area contributed by atoms with Gasteiger partial charge in [0.2, 0.25) is 5.91 Å². The topological polar surface area (TPSA) is 58.6 Å². The van der Waals surface area contributed by atoms with Crippen LogP contribution in [-0.2, 0) is 4.79 Å². The Morgan fingerprint density at radius 3 is 2.96 bits per heavy atom. The van der Waals surface area contributed by atoms with Crippen LogP contribution >= 0.6 is 11.8 Å². The summed E-state index contributed by atoms with van der Waals surface area (Å²) < 4.78 is 5.45. The lowest BCUT2D eigenvalue weighted by Gasteiger charge is -2.23. The highest BCUT2D eigenvalue weighted by atomic mass is 32.2. The normalized spacial score (nSPS) is 20.4. The first-order valence-corrected chi connectivity index (χ1v) is 9.23. The van der Waals surface area contributed by atoms with Gasteiger partial charge in [0.1, 0.15) is 11.8 Å². The van der Waals surface area contributed by atoms with Gasteiger partial charge in [0.15, 0.2) is 0 Å². The molecule has 3 rings (SSSR count). The first-order chi connectivity index (χ1) is 11.2. The van der Waals surface area contributed by atoms with Crippen molar-refractivity contribution in [2.75, 3.05) is 24.8 Å². The Morgan fingerprint density at radius 1 is 1.39 bits per heavy atom. The average molecular weight is 334 g/mol. The van der Waals surface area contributed by atoms with E-state index >= 15 is 0 Å². The van der Waals surface area contributed by atoms with Gasteiger partial charge in [0, 0.05) is 17.9 Å². The molecule has 1 aliphatic carbocycles. The second-order valence-electron chi connectivity index (χ2n) is 5.94. The molecule has 0 radical (unpaired) electrons. The number of hydrogen-bond acceptors (Lipinski definition) is 4. The smallest absolute Gasteiger partial charge is 0.255 e. The number of ether oxygens (including phenoxy) is 1. The van der Waals surface area contributed by atoms with Crippen molar-refractivity contribution in [3.05, 3.63) is 29.8 Å². The third-order valence-electron chi connectivity index (χ3n) is 4.10. The Labute approximate surface area is 140 Å². The quantitative estimate of drug-likeness (QED) is 0.866. The van der Waals surface area contributed by atoms with Crippen molar-refractivity contribution in [2.45, 2.75) is 25.8 Å². The number of rotatable bonds is 6. The molecule has 1 atom stereocenters. The molecule has 1 aromatic rings. The summed E-state index contributed by atoms with van der Waals surface area (Å²) in [5.74, 6) is 2.39. The molecule has 0 unspecified atom stereocenters. The number of carbonyl (C=O) groups excluding carboxylic acids is 2. The predicted molar refractivity (Wildman–Crippen MR) is 90.6 cm³/mol. The highest BCUT2D eigenvalue weighted by Gasteiger charge is 2.35. The Kier molecular flexibility index (Phi) is 5.10. The summed E-state index contributed by atoms with van der Waals surface area (Å²) in [5, 5.41) is 2.98. The first kappa shape index (κ1) is 16.2. The largest absolute Gasteiger partial charge is 0.494 e. The van der Waals surface area contributed by atoms with Crippen LogP contribution in [0.3, 0.4) is 0 Å². The van der Waals surface area contributed by atoms with Gasteiger partial charge in [-0.2, -0.15) is 0 Å². The molecule has 6 heteroatoms. The van der Waals surface area contributed by atoms with Gasteiger partial charge in [-0.1, -0.05) is 6.07 Å². The van der Waals surface area contributed by atoms with E-state index in [9.17, 15) is 9.59 Å². The number of nitrogens with zero attached hydrogens (tertiary/aromatic N) is 1. The van der Waals surface area contributed by atoms with E-state index in [-0.39, 0.29) is 17.9 Å². The van der Waals surface area contributed by atoms with Gasteiger partial charge in [-0.25, -0.2) is 0 Å². The van der Waals surface area contributed by atoms with Crippen molar-refractivity contribution >= 4 is 23.6 Å². The summed E-state index contributed by atoms with van der Waals surface area (Å²) in [6.45, 7) is 3.21. The molecule has 124 valence electrons. The van der Waals surface area contributed by atoms with Gasteiger partial charge in [0.05, 0.1) is 12.5 Å². The second kappa shape index (κ2) is 7.25. The zero-order valence-corrected chi connectivity index (χ0v) is 14.1. The molecule has 23 heavy (non-hydrogen) atoms. The van der Waals surface area contributed by atoms with Crippen molar-refractivity contribution in [1.82, 2.24) is 10.2 Å². The van der Waals surface area contributed by atoms with Gasteiger partial charge in [-0.15, -0.1) is 11.8 Å². The fraction of sp³-hybridized carbons (Fsp3) is 0.529. The molecular formula is C17H22N2O3S. The Balaban J connectivity index is 1.67. The zero-order chi connectivity index (χ0) is 16.2. The SMILES string of the molecule is CCOc1cccc(C(=O)N2CSC[C@H]2C(=O)NCC2CC2)c1. The molecule has 2 amide bonds. The lowest BCUT2D eigenvalue weighted by atomic mass is 10.1. The number of amides is 2. The molecule has 1 aromatic carbocycles. The maximum Gasteiger partial charge on any atom is 0.255 e. The Morgan fingerprint density at radius 2 is 2.22 bits per heavy atom. The highest BCUT2D eigenvalue weighted by molar-refractivity contribution is 7.99. The maximum atomic E-state index is 12.7. The molecule has 0 bridgehead atoms. The summed E-state index contributed by atoms with van der Waals surface area (Å²) in [5.41, 5.74) is 0.568. The summed E-state index contributed by atoms with van der Waals surface area (Å²) in [6, 6.07) is 6.78. The number of nitrogens with one attached hydrogen (secondary N) is 1. The third kappa shape index (κ3) is 3.99. The molecule has 1 N–H and O–H groups in total. The van der Waals surface area contributed by atoms with Crippen LogP contribution in [0.5, 0.6) is 5.75 Å². The molecule has 1 heterocycles. The first-order valence-electron chi connectivity index (χ1n) is 8.08. The zero-order valence-electron chi connectivity index (χ0n) is 13.3. The van der Waals surface area contributed by atoms with Gasteiger partial charge < -0.3 is 15.0 Å². The molecule has 1 saturated heterocycles. The summed E-state index contributed by atoms with van der Waals surface area (Å²) in [4.78, 5) is 26.8. The number of thioether (sulfide) groups is 1. The van der Waals surface area contributed by atoms with E-state index in [0.717, 1.165) is 6.54 Å². The molecule has 5 nitrogen and oxygen atoms in total. The second-order valence-corrected chi connectivity index (χ2v) is 6.94. The van der Waals surface area contributed by atoms with Crippen molar-refractivity contribution in [3.63, 3.8) is 0 Å². The van der Waals surface area contributed by atoms with Crippen LogP contribution in [-0.4, -0.2) is 47.5 Å². The molecule has 0 spiro atoms. The van der Waals surface area contributed by atoms with Crippen LogP contribution in [0.15, 0.2) is 24.3 Å².